The molecular formula is C15H21N3O5. The molecule has 1 aliphatic heterocycles. The van der Waals surface area contributed by atoms with Crippen molar-refractivity contribution < 1.29 is 23.8 Å². The number of nitrogens with one attached hydrogen (secondary N) is 2. The number of rotatable bonds is 6. The average molecular weight is 323 g/mol. The predicted octanol–water partition coefficient (Wildman–Crippen LogP) is 0.718. The van der Waals surface area contributed by atoms with Crippen LogP contribution in [-0.4, -0.2) is 45.3 Å². The van der Waals surface area contributed by atoms with Crippen LogP contribution < -0.4 is 25.8 Å². The molecule has 1 fully saturated rings. The summed E-state index contributed by atoms with van der Waals surface area (Å²) < 4.78 is 15.8. The molecular weight excluding hydrogens is 302 g/mol. The van der Waals surface area contributed by atoms with E-state index in [1.807, 2.05) is 0 Å². The molecule has 1 aliphatic rings. The van der Waals surface area contributed by atoms with Crippen LogP contribution in [0, 0.1) is 0 Å². The minimum absolute atomic E-state index is 0.173. The molecule has 8 heteroatoms. The molecule has 1 aromatic rings. The lowest BCUT2D eigenvalue weighted by atomic mass is 10.2. The first kappa shape index (κ1) is 17.0. The fourth-order valence-electron chi connectivity index (χ4n) is 2.28. The van der Waals surface area contributed by atoms with Gasteiger partial charge in [-0.05, 0) is 12.8 Å². The van der Waals surface area contributed by atoms with E-state index in [2.05, 4.69) is 10.6 Å². The minimum Gasteiger partial charge on any atom is -0.493 e. The van der Waals surface area contributed by atoms with E-state index in [1.54, 1.807) is 12.1 Å². The van der Waals surface area contributed by atoms with Crippen LogP contribution in [0.1, 0.15) is 12.8 Å². The third-order valence-corrected chi connectivity index (χ3v) is 3.46. The fourth-order valence-corrected chi connectivity index (χ4v) is 2.28. The third-order valence-electron chi connectivity index (χ3n) is 3.46. The number of hydrogen-bond acceptors (Lipinski definition) is 6. The molecule has 0 radical (unpaired) electrons. The topological polar surface area (TPSA) is 112 Å². The molecule has 1 saturated heterocycles. The van der Waals surface area contributed by atoms with Crippen molar-refractivity contribution in [3.63, 3.8) is 0 Å². The fraction of sp³-hybridized carbons (Fsp3) is 0.467. The number of carbonyl (C=O) groups is 2. The van der Waals surface area contributed by atoms with Crippen LogP contribution in [-0.2, 0) is 14.3 Å². The van der Waals surface area contributed by atoms with Crippen molar-refractivity contribution in [3.8, 4) is 11.5 Å². The lowest BCUT2D eigenvalue weighted by Crippen LogP contribution is -2.28. The van der Waals surface area contributed by atoms with Gasteiger partial charge in [-0.1, -0.05) is 0 Å². The second-order valence-electron chi connectivity index (χ2n) is 5.00. The van der Waals surface area contributed by atoms with Gasteiger partial charge in [-0.25, -0.2) is 0 Å². The average Bonchev–Trinajstić information content (AvgIpc) is 3.10. The van der Waals surface area contributed by atoms with E-state index in [1.165, 1.54) is 14.2 Å². The Morgan fingerprint density at radius 3 is 2.30 bits per heavy atom. The predicted molar refractivity (Wildman–Crippen MR) is 84.8 cm³/mol. The zero-order chi connectivity index (χ0) is 16.8. The van der Waals surface area contributed by atoms with Crippen molar-refractivity contribution in [1.29, 1.82) is 0 Å². The normalized spacial score (nSPS) is 16.7. The monoisotopic (exact) mass is 323 g/mol. The molecule has 0 aromatic heterocycles. The molecule has 1 atom stereocenters. The van der Waals surface area contributed by atoms with E-state index < -0.39 is 6.10 Å². The summed E-state index contributed by atoms with van der Waals surface area (Å²) in [5.41, 5.74) is 6.09. The molecule has 0 saturated carbocycles. The quantitative estimate of drug-likeness (QED) is 0.711. The van der Waals surface area contributed by atoms with Crippen LogP contribution in [0.5, 0.6) is 11.5 Å². The Morgan fingerprint density at radius 1 is 1.22 bits per heavy atom. The molecule has 8 nitrogen and oxygen atoms in total. The Labute approximate surface area is 134 Å². The van der Waals surface area contributed by atoms with E-state index in [9.17, 15) is 9.59 Å². The van der Waals surface area contributed by atoms with Crippen molar-refractivity contribution in [3.05, 3.63) is 12.1 Å². The summed E-state index contributed by atoms with van der Waals surface area (Å²) in [6.45, 7) is 0.397. The van der Waals surface area contributed by atoms with Crippen molar-refractivity contribution >= 4 is 23.2 Å². The summed E-state index contributed by atoms with van der Waals surface area (Å²) in [6.07, 6.45) is 1.03. The maximum absolute atomic E-state index is 12.2. The first-order valence-electron chi connectivity index (χ1n) is 7.27. The van der Waals surface area contributed by atoms with Crippen LogP contribution in [0.2, 0.25) is 0 Å². The van der Waals surface area contributed by atoms with Gasteiger partial charge in [-0.2, -0.15) is 0 Å². The highest BCUT2D eigenvalue weighted by Gasteiger charge is 2.25. The second kappa shape index (κ2) is 7.80. The van der Waals surface area contributed by atoms with Crippen LogP contribution in [0.15, 0.2) is 12.1 Å². The van der Waals surface area contributed by atoms with Crippen LogP contribution in [0.25, 0.3) is 0 Å². The largest absolute Gasteiger partial charge is 0.493 e. The molecule has 1 heterocycles. The van der Waals surface area contributed by atoms with Crippen molar-refractivity contribution in [2.45, 2.75) is 18.9 Å². The SMILES string of the molecule is COc1cc(NC(=O)CN)c(NC(=O)C2CCCO2)cc1OC. The lowest BCUT2D eigenvalue weighted by Gasteiger charge is -2.17. The van der Waals surface area contributed by atoms with Gasteiger partial charge in [-0.3, -0.25) is 9.59 Å². The van der Waals surface area contributed by atoms with E-state index >= 15 is 0 Å². The number of methoxy groups -OCH3 is 2. The summed E-state index contributed by atoms with van der Waals surface area (Å²) in [6, 6.07) is 3.15. The molecule has 126 valence electrons. The van der Waals surface area contributed by atoms with E-state index in [0.717, 1.165) is 6.42 Å². The van der Waals surface area contributed by atoms with Gasteiger partial charge in [0.1, 0.15) is 6.10 Å². The highest BCUT2D eigenvalue weighted by atomic mass is 16.5. The zero-order valence-corrected chi connectivity index (χ0v) is 13.2. The molecule has 1 aromatic carbocycles. The first-order valence-corrected chi connectivity index (χ1v) is 7.27. The van der Waals surface area contributed by atoms with E-state index in [-0.39, 0.29) is 18.4 Å². The van der Waals surface area contributed by atoms with Crippen molar-refractivity contribution in [1.82, 2.24) is 0 Å². The summed E-state index contributed by atoms with van der Waals surface area (Å²) in [7, 11) is 2.97. The Balaban J connectivity index is 2.29. The number of nitrogens with two attached hydrogens (primary N) is 1. The van der Waals surface area contributed by atoms with Crippen LogP contribution >= 0.6 is 0 Å². The zero-order valence-electron chi connectivity index (χ0n) is 13.2. The summed E-state index contributed by atoms with van der Waals surface area (Å²) in [5.74, 6) is 0.207. The first-order chi connectivity index (χ1) is 11.1. The molecule has 1 unspecified atom stereocenters. The Bertz CT molecular complexity index is 585. The number of hydrogen-bond donors (Lipinski definition) is 3. The van der Waals surface area contributed by atoms with Crippen molar-refractivity contribution in [2.75, 3.05) is 38.0 Å². The Kier molecular flexibility index (Phi) is 5.78. The molecule has 4 N–H and O–H groups in total. The Hall–Kier alpha value is -2.32. The maximum Gasteiger partial charge on any atom is 0.253 e. The van der Waals surface area contributed by atoms with Gasteiger partial charge in [0.25, 0.3) is 5.91 Å². The molecule has 23 heavy (non-hydrogen) atoms. The summed E-state index contributed by atoms with van der Waals surface area (Å²) in [4.78, 5) is 23.8. The molecule has 0 aliphatic carbocycles. The van der Waals surface area contributed by atoms with Gasteiger partial charge < -0.3 is 30.6 Å². The van der Waals surface area contributed by atoms with Gasteiger partial charge in [0.2, 0.25) is 5.91 Å². The standard InChI is InChI=1S/C15H21N3O5/c1-21-12-6-9(17-14(19)8-16)10(7-13(12)22-2)18-15(20)11-4-3-5-23-11/h6-7,11H,3-5,8,16H2,1-2H3,(H,17,19)(H,18,20). The highest BCUT2D eigenvalue weighted by molar-refractivity contribution is 6.02. The summed E-state index contributed by atoms with van der Waals surface area (Å²) in [5, 5.41) is 5.38. The van der Waals surface area contributed by atoms with Crippen LogP contribution in [0.4, 0.5) is 11.4 Å². The molecule has 2 rings (SSSR count). The van der Waals surface area contributed by atoms with Gasteiger partial charge >= 0.3 is 0 Å². The number of carbonyl (C=O) groups excluding carboxylic acids is 2. The minimum atomic E-state index is -0.485. The van der Waals surface area contributed by atoms with Gasteiger partial charge in [0.15, 0.2) is 11.5 Å². The van der Waals surface area contributed by atoms with E-state index in [0.29, 0.717) is 35.9 Å². The highest BCUT2D eigenvalue weighted by Crippen LogP contribution is 2.36. The molecule has 0 bridgehead atoms. The van der Waals surface area contributed by atoms with Gasteiger partial charge in [0.05, 0.1) is 32.1 Å². The molecule has 2 amide bonds. The van der Waals surface area contributed by atoms with Crippen LogP contribution in [0.3, 0.4) is 0 Å². The van der Waals surface area contributed by atoms with Gasteiger partial charge in [-0.15, -0.1) is 0 Å². The molecule has 0 spiro atoms. The number of benzene rings is 1. The van der Waals surface area contributed by atoms with E-state index in [4.69, 9.17) is 19.9 Å². The Morgan fingerprint density at radius 2 is 1.83 bits per heavy atom. The number of ether oxygens (including phenoxy) is 3. The lowest BCUT2D eigenvalue weighted by molar-refractivity contribution is -0.124. The summed E-state index contributed by atoms with van der Waals surface area (Å²) >= 11 is 0. The smallest absolute Gasteiger partial charge is 0.253 e. The van der Waals surface area contributed by atoms with Crippen molar-refractivity contribution in [2.24, 2.45) is 5.73 Å². The van der Waals surface area contributed by atoms with Gasteiger partial charge in [0, 0.05) is 18.7 Å². The number of amides is 2. The second-order valence-corrected chi connectivity index (χ2v) is 5.00. The number of anilines is 2. The third kappa shape index (κ3) is 4.11. The maximum atomic E-state index is 12.2.